The Hall–Kier alpha value is -3.02. The van der Waals surface area contributed by atoms with E-state index in [1.165, 1.54) is 12.1 Å². The van der Waals surface area contributed by atoms with Crippen LogP contribution in [0.2, 0.25) is 0 Å². The second-order valence-electron chi connectivity index (χ2n) is 7.36. The van der Waals surface area contributed by atoms with Gasteiger partial charge in [-0.05, 0) is 56.5 Å². The molecule has 0 bridgehead atoms. The number of halogens is 1. The lowest BCUT2D eigenvalue weighted by molar-refractivity contribution is -0.115. The van der Waals surface area contributed by atoms with Crippen LogP contribution in [0.5, 0.6) is 0 Å². The molecule has 28 heavy (non-hydrogen) atoms. The molecule has 1 heterocycles. The van der Waals surface area contributed by atoms with Crippen molar-refractivity contribution in [2.45, 2.75) is 34.1 Å². The molecule has 0 unspecified atom stereocenters. The van der Waals surface area contributed by atoms with E-state index in [1.807, 2.05) is 26.8 Å². The van der Waals surface area contributed by atoms with E-state index >= 15 is 0 Å². The van der Waals surface area contributed by atoms with Gasteiger partial charge in [0.25, 0.3) is 5.91 Å². The second-order valence-corrected chi connectivity index (χ2v) is 7.36. The molecule has 1 amide bonds. The molecule has 1 aliphatic carbocycles. The molecule has 0 fully saturated rings. The third-order valence-corrected chi connectivity index (χ3v) is 5.13. The van der Waals surface area contributed by atoms with Crippen LogP contribution in [-0.4, -0.2) is 28.0 Å². The Kier molecular flexibility index (Phi) is 5.31. The lowest BCUT2D eigenvalue weighted by Gasteiger charge is -2.17. The van der Waals surface area contributed by atoms with Crippen LogP contribution in [0.15, 0.2) is 41.1 Å². The Morgan fingerprint density at radius 2 is 1.96 bits per heavy atom. The first-order valence-electron chi connectivity index (χ1n) is 9.16. The largest absolute Gasteiger partial charge is 0.348 e. The summed E-state index contributed by atoms with van der Waals surface area (Å²) in [6.07, 6.45) is 4.03. The minimum Gasteiger partial charge on any atom is -0.348 e. The third-order valence-electron chi connectivity index (χ3n) is 5.13. The van der Waals surface area contributed by atoms with Crippen LogP contribution >= 0.6 is 0 Å². The number of amides is 1. The van der Waals surface area contributed by atoms with Crippen LogP contribution in [0.25, 0.3) is 11.3 Å². The van der Waals surface area contributed by atoms with Crippen LogP contribution in [0, 0.1) is 19.7 Å². The number of rotatable bonds is 4. The second kappa shape index (κ2) is 7.54. The van der Waals surface area contributed by atoms with E-state index in [2.05, 4.69) is 10.4 Å². The highest BCUT2D eigenvalue weighted by atomic mass is 19.1. The van der Waals surface area contributed by atoms with Gasteiger partial charge in [0.2, 0.25) is 0 Å². The van der Waals surface area contributed by atoms with E-state index in [0.29, 0.717) is 23.1 Å². The first-order chi connectivity index (χ1) is 13.2. The van der Waals surface area contributed by atoms with E-state index in [4.69, 9.17) is 0 Å². The predicted molar refractivity (Wildman–Crippen MR) is 106 cm³/mol. The highest BCUT2D eigenvalue weighted by Crippen LogP contribution is 2.29. The average molecular weight is 381 g/mol. The lowest BCUT2D eigenvalue weighted by Crippen LogP contribution is -2.30. The monoisotopic (exact) mass is 381 g/mol. The number of ketones is 1. The Morgan fingerprint density at radius 3 is 2.57 bits per heavy atom. The summed E-state index contributed by atoms with van der Waals surface area (Å²) in [6.45, 7) is 7.58. The van der Waals surface area contributed by atoms with Crippen molar-refractivity contribution in [3.8, 4) is 11.3 Å². The standard InChI is InChI=1S/C22H24FN3O2/c1-12-6-13(2)19(20(27)7-12)11-24-22(28)18-9-16(23)8-17(15(18)4)21-14(3)10-25-26(21)5/h6,8-10H,7,11H2,1-5H3,(H,24,28). The molecular formula is C22H24FN3O2. The maximum atomic E-state index is 14.3. The van der Waals surface area contributed by atoms with E-state index < -0.39 is 11.7 Å². The van der Waals surface area contributed by atoms with Gasteiger partial charge in [-0.3, -0.25) is 14.3 Å². The molecule has 1 aromatic carbocycles. The normalized spacial score (nSPS) is 14.4. The summed E-state index contributed by atoms with van der Waals surface area (Å²) in [4.78, 5) is 25.0. The summed E-state index contributed by atoms with van der Waals surface area (Å²) in [5, 5.41) is 6.98. The minimum absolute atomic E-state index is 0.0139. The fraction of sp³-hybridized carbons (Fsp3) is 0.318. The fourth-order valence-corrected chi connectivity index (χ4v) is 3.68. The Bertz CT molecular complexity index is 1020. The molecule has 1 aromatic heterocycles. The molecule has 3 rings (SSSR count). The highest BCUT2D eigenvalue weighted by molar-refractivity contribution is 6.02. The Morgan fingerprint density at radius 1 is 1.25 bits per heavy atom. The highest BCUT2D eigenvalue weighted by Gasteiger charge is 2.21. The zero-order valence-corrected chi connectivity index (χ0v) is 16.8. The average Bonchev–Trinajstić information content (AvgIpc) is 2.94. The van der Waals surface area contributed by atoms with Crippen LogP contribution in [0.3, 0.4) is 0 Å². The predicted octanol–water partition coefficient (Wildman–Crippen LogP) is 3.81. The molecule has 6 heteroatoms. The van der Waals surface area contributed by atoms with Gasteiger partial charge >= 0.3 is 0 Å². The van der Waals surface area contributed by atoms with Crippen molar-refractivity contribution in [2.24, 2.45) is 7.05 Å². The van der Waals surface area contributed by atoms with Gasteiger partial charge in [0.1, 0.15) is 5.82 Å². The maximum Gasteiger partial charge on any atom is 0.251 e. The van der Waals surface area contributed by atoms with Crippen molar-refractivity contribution >= 4 is 11.7 Å². The van der Waals surface area contributed by atoms with Crippen molar-refractivity contribution in [3.05, 3.63) is 63.6 Å². The third kappa shape index (κ3) is 3.67. The number of Topliss-reactive ketones (excluding diaryl/α,β-unsaturated/α-hetero) is 1. The summed E-state index contributed by atoms with van der Waals surface area (Å²) in [7, 11) is 1.78. The molecule has 0 aliphatic heterocycles. The van der Waals surface area contributed by atoms with Crippen LogP contribution in [0.4, 0.5) is 4.39 Å². The first-order valence-corrected chi connectivity index (χ1v) is 9.16. The quantitative estimate of drug-likeness (QED) is 0.876. The molecule has 2 aromatic rings. The SMILES string of the molecule is CC1=CC(C)=C(CNC(=O)c2cc(F)cc(-c3c(C)cnn3C)c2C)C(=O)C1. The number of nitrogens with zero attached hydrogens (tertiary/aromatic N) is 2. The zero-order valence-electron chi connectivity index (χ0n) is 16.8. The molecule has 1 aliphatic rings. The molecule has 146 valence electrons. The zero-order chi connectivity index (χ0) is 20.6. The fourth-order valence-electron chi connectivity index (χ4n) is 3.68. The summed E-state index contributed by atoms with van der Waals surface area (Å²) in [5.74, 6) is -0.883. The number of carbonyl (C=O) groups excluding carboxylic acids is 2. The molecule has 0 spiro atoms. The van der Waals surface area contributed by atoms with Crippen molar-refractivity contribution in [3.63, 3.8) is 0 Å². The van der Waals surface area contributed by atoms with Gasteiger partial charge in [-0.1, -0.05) is 11.6 Å². The minimum atomic E-state index is -0.492. The number of aryl methyl sites for hydroxylation is 2. The molecule has 0 saturated heterocycles. The van der Waals surface area contributed by atoms with Gasteiger partial charge in [0.05, 0.1) is 11.9 Å². The first kappa shape index (κ1) is 19.7. The number of carbonyl (C=O) groups is 2. The summed E-state index contributed by atoms with van der Waals surface area (Å²) in [5.41, 5.74) is 5.68. The molecule has 1 N–H and O–H groups in total. The number of hydrogen-bond donors (Lipinski definition) is 1. The molecule has 5 nitrogen and oxygen atoms in total. The van der Waals surface area contributed by atoms with E-state index in [-0.39, 0.29) is 17.9 Å². The van der Waals surface area contributed by atoms with Crippen LogP contribution < -0.4 is 5.32 Å². The molecule has 0 saturated carbocycles. The topological polar surface area (TPSA) is 64.0 Å². The molecule has 0 atom stereocenters. The number of allylic oxidation sites excluding steroid dienone is 3. The lowest BCUT2D eigenvalue weighted by atomic mass is 9.92. The van der Waals surface area contributed by atoms with Crippen molar-refractivity contribution in [2.75, 3.05) is 6.54 Å². The van der Waals surface area contributed by atoms with Crippen molar-refractivity contribution < 1.29 is 14.0 Å². The van der Waals surface area contributed by atoms with Gasteiger partial charge in [-0.2, -0.15) is 5.10 Å². The number of aromatic nitrogens is 2. The number of benzene rings is 1. The Labute approximate surface area is 163 Å². The van der Waals surface area contributed by atoms with Gasteiger partial charge in [-0.15, -0.1) is 0 Å². The summed E-state index contributed by atoms with van der Waals surface area (Å²) < 4.78 is 16.0. The van der Waals surface area contributed by atoms with E-state index in [9.17, 15) is 14.0 Å². The van der Waals surface area contributed by atoms with Crippen molar-refractivity contribution in [1.29, 1.82) is 0 Å². The van der Waals surface area contributed by atoms with E-state index in [0.717, 1.165) is 22.4 Å². The van der Waals surface area contributed by atoms with Gasteiger partial charge in [0, 0.05) is 36.7 Å². The van der Waals surface area contributed by atoms with Gasteiger partial charge in [-0.25, -0.2) is 4.39 Å². The summed E-state index contributed by atoms with van der Waals surface area (Å²) in [6, 6.07) is 2.65. The maximum absolute atomic E-state index is 14.3. The van der Waals surface area contributed by atoms with Crippen LogP contribution in [-0.2, 0) is 11.8 Å². The van der Waals surface area contributed by atoms with Crippen molar-refractivity contribution in [1.82, 2.24) is 15.1 Å². The summed E-state index contributed by atoms with van der Waals surface area (Å²) >= 11 is 0. The molecule has 0 radical (unpaired) electrons. The number of hydrogen-bond acceptors (Lipinski definition) is 3. The van der Waals surface area contributed by atoms with Gasteiger partial charge < -0.3 is 5.32 Å². The molecular weight excluding hydrogens is 357 g/mol. The van der Waals surface area contributed by atoms with Crippen LogP contribution in [0.1, 0.15) is 41.8 Å². The number of nitrogens with one attached hydrogen (secondary N) is 1. The Balaban J connectivity index is 1.91. The van der Waals surface area contributed by atoms with E-state index in [1.54, 1.807) is 24.9 Å². The smallest absolute Gasteiger partial charge is 0.251 e. The van der Waals surface area contributed by atoms with Gasteiger partial charge in [0.15, 0.2) is 5.78 Å².